The number of benzene rings is 2. The van der Waals surface area contributed by atoms with Crippen molar-refractivity contribution in [3.63, 3.8) is 0 Å². The molecule has 0 aliphatic carbocycles. The van der Waals surface area contributed by atoms with E-state index < -0.39 is 11.7 Å². The summed E-state index contributed by atoms with van der Waals surface area (Å²) in [5.41, 5.74) is 0.150. The summed E-state index contributed by atoms with van der Waals surface area (Å²) in [5.74, 6) is 1.44. The molecule has 2 aromatic carbocycles. The fourth-order valence-corrected chi connectivity index (χ4v) is 2.35. The van der Waals surface area contributed by atoms with Gasteiger partial charge in [-0.25, -0.2) is 0 Å². The van der Waals surface area contributed by atoms with Crippen molar-refractivity contribution in [1.82, 2.24) is 5.32 Å². The minimum absolute atomic E-state index is 0.126. The molecule has 3 nitrogen and oxygen atoms in total. The molecule has 1 aliphatic heterocycles. The fraction of sp³-hybridized carbons (Fsp3) is 0.294. The SMILES string of the molecule is FC(F)(F)c1ccc(CNCC2COc3ccccc3O2)cc1. The topological polar surface area (TPSA) is 30.5 Å². The highest BCUT2D eigenvalue weighted by Crippen LogP contribution is 2.31. The van der Waals surface area contributed by atoms with E-state index in [1.165, 1.54) is 12.1 Å². The van der Waals surface area contributed by atoms with Crippen molar-refractivity contribution in [3.05, 3.63) is 59.7 Å². The fourth-order valence-electron chi connectivity index (χ4n) is 2.35. The van der Waals surface area contributed by atoms with Crippen LogP contribution in [0.15, 0.2) is 48.5 Å². The van der Waals surface area contributed by atoms with Gasteiger partial charge in [0.15, 0.2) is 11.5 Å². The van der Waals surface area contributed by atoms with Gasteiger partial charge in [-0.05, 0) is 29.8 Å². The van der Waals surface area contributed by atoms with Crippen molar-refractivity contribution in [1.29, 1.82) is 0 Å². The van der Waals surface area contributed by atoms with E-state index in [1.54, 1.807) is 0 Å². The second-order valence-corrected chi connectivity index (χ2v) is 5.32. The van der Waals surface area contributed by atoms with Crippen LogP contribution in [-0.4, -0.2) is 19.3 Å². The molecule has 23 heavy (non-hydrogen) atoms. The van der Waals surface area contributed by atoms with Crippen LogP contribution in [0.4, 0.5) is 13.2 Å². The van der Waals surface area contributed by atoms with Gasteiger partial charge in [-0.2, -0.15) is 13.2 Å². The maximum Gasteiger partial charge on any atom is 0.416 e. The van der Waals surface area contributed by atoms with E-state index in [-0.39, 0.29) is 6.10 Å². The number of alkyl halides is 3. The highest BCUT2D eigenvalue weighted by atomic mass is 19.4. The van der Waals surface area contributed by atoms with Gasteiger partial charge in [0, 0.05) is 13.1 Å². The molecule has 0 bridgehead atoms. The first-order chi connectivity index (χ1) is 11.0. The number of halogens is 3. The molecule has 1 heterocycles. The predicted molar refractivity (Wildman–Crippen MR) is 79.5 cm³/mol. The van der Waals surface area contributed by atoms with Crippen LogP contribution in [0.2, 0.25) is 0 Å². The monoisotopic (exact) mass is 323 g/mol. The van der Waals surface area contributed by atoms with Gasteiger partial charge in [0.1, 0.15) is 12.7 Å². The van der Waals surface area contributed by atoms with Crippen molar-refractivity contribution in [3.8, 4) is 11.5 Å². The average molecular weight is 323 g/mol. The second-order valence-electron chi connectivity index (χ2n) is 5.32. The first kappa shape index (κ1) is 15.7. The number of hydrogen-bond acceptors (Lipinski definition) is 3. The molecule has 0 radical (unpaired) electrons. The molecular formula is C17H16F3NO2. The summed E-state index contributed by atoms with van der Waals surface area (Å²) in [5, 5.41) is 3.17. The minimum Gasteiger partial charge on any atom is -0.486 e. The van der Waals surface area contributed by atoms with E-state index in [0.717, 1.165) is 23.4 Å². The Kier molecular flexibility index (Phi) is 4.43. The quantitative estimate of drug-likeness (QED) is 0.932. The van der Waals surface area contributed by atoms with Crippen LogP contribution in [0.25, 0.3) is 0 Å². The summed E-state index contributed by atoms with van der Waals surface area (Å²) in [6.45, 7) is 1.46. The zero-order chi connectivity index (χ0) is 16.3. The Morgan fingerprint density at radius 2 is 1.70 bits per heavy atom. The van der Waals surface area contributed by atoms with Crippen LogP contribution >= 0.6 is 0 Å². The molecule has 3 rings (SSSR count). The van der Waals surface area contributed by atoms with Gasteiger partial charge in [-0.15, -0.1) is 0 Å². The Labute approximate surface area is 132 Å². The van der Waals surface area contributed by atoms with Crippen LogP contribution in [0.3, 0.4) is 0 Å². The van der Waals surface area contributed by atoms with Crippen molar-refractivity contribution >= 4 is 0 Å². The van der Waals surface area contributed by atoms with Crippen LogP contribution in [-0.2, 0) is 12.7 Å². The maximum absolute atomic E-state index is 12.5. The van der Waals surface area contributed by atoms with Crippen LogP contribution < -0.4 is 14.8 Å². The third-order valence-electron chi connectivity index (χ3n) is 3.55. The summed E-state index contributed by atoms with van der Waals surface area (Å²) in [4.78, 5) is 0. The number of para-hydroxylation sites is 2. The largest absolute Gasteiger partial charge is 0.486 e. The van der Waals surface area contributed by atoms with Crippen molar-refractivity contribution in [2.45, 2.75) is 18.8 Å². The minimum atomic E-state index is -4.30. The molecule has 0 saturated carbocycles. The molecular weight excluding hydrogens is 307 g/mol. The third kappa shape index (κ3) is 3.96. The summed E-state index contributed by atoms with van der Waals surface area (Å²) in [6.07, 6.45) is -4.42. The Morgan fingerprint density at radius 1 is 1.00 bits per heavy atom. The van der Waals surface area contributed by atoms with Crippen LogP contribution in [0, 0.1) is 0 Å². The molecule has 122 valence electrons. The van der Waals surface area contributed by atoms with E-state index in [4.69, 9.17) is 9.47 Å². The van der Waals surface area contributed by atoms with Gasteiger partial charge >= 0.3 is 6.18 Å². The highest BCUT2D eigenvalue weighted by molar-refractivity contribution is 5.40. The Morgan fingerprint density at radius 3 is 2.39 bits per heavy atom. The van der Waals surface area contributed by atoms with Gasteiger partial charge in [0.2, 0.25) is 0 Å². The molecule has 1 unspecified atom stereocenters. The molecule has 0 spiro atoms. The lowest BCUT2D eigenvalue weighted by Gasteiger charge is -2.26. The number of fused-ring (bicyclic) bond motifs is 1. The first-order valence-electron chi connectivity index (χ1n) is 7.28. The van der Waals surface area contributed by atoms with Gasteiger partial charge in [0.05, 0.1) is 5.56 Å². The Balaban J connectivity index is 1.49. The lowest BCUT2D eigenvalue weighted by molar-refractivity contribution is -0.137. The number of ether oxygens (including phenoxy) is 2. The molecule has 0 fully saturated rings. The number of rotatable bonds is 4. The molecule has 0 amide bonds. The van der Waals surface area contributed by atoms with Crippen LogP contribution in [0.1, 0.15) is 11.1 Å². The van der Waals surface area contributed by atoms with E-state index in [0.29, 0.717) is 25.4 Å². The number of nitrogens with one attached hydrogen (secondary N) is 1. The molecule has 2 aromatic rings. The number of hydrogen-bond donors (Lipinski definition) is 1. The Hall–Kier alpha value is -2.21. The molecule has 1 N–H and O–H groups in total. The molecule has 6 heteroatoms. The first-order valence-corrected chi connectivity index (χ1v) is 7.28. The molecule has 1 aliphatic rings. The zero-order valence-corrected chi connectivity index (χ0v) is 12.3. The summed E-state index contributed by atoms with van der Waals surface area (Å²) < 4.78 is 48.9. The van der Waals surface area contributed by atoms with Gasteiger partial charge in [0.25, 0.3) is 0 Å². The smallest absolute Gasteiger partial charge is 0.416 e. The second kappa shape index (κ2) is 6.50. The standard InChI is InChI=1S/C17H16F3NO2/c18-17(19,20)13-7-5-12(6-8-13)9-21-10-14-11-22-15-3-1-2-4-16(15)23-14/h1-8,14,21H,9-11H2. The maximum atomic E-state index is 12.5. The van der Waals surface area contributed by atoms with E-state index in [9.17, 15) is 13.2 Å². The van der Waals surface area contributed by atoms with Crippen molar-refractivity contribution < 1.29 is 22.6 Å². The van der Waals surface area contributed by atoms with E-state index in [2.05, 4.69) is 5.32 Å². The van der Waals surface area contributed by atoms with Crippen molar-refractivity contribution in [2.24, 2.45) is 0 Å². The zero-order valence-electron chi connectivity index (χ0n) is 12.3. The van der Waals surface area contributed by atoms with Gasteiger partial charge in [-0.3, -0.25) is 0 Å². The summed E-state index contributed by atoms with van der Waals surface area (Å²) in [7, 11) is 0. The molecule has 1 atom stereocenters. The van der Waals surface area contributed by atoms with Crippen LogP contribution in [0.5, 0.6) is 11.5 Å². The lowest BCUT2D eigenvalue weighted by Crippen LogP contribution is -2.38. The molecule has 0 aromatic heterocycles. The normalized spacial score (nSPS) is 17.1. The van der Waals surface area contributed by atoms with Gasteiger partial charge < -0.3 is 14.8 Å². The van der Waals surface area contributed by atoms with E-state index >= 15 is 0 Å². The molecule has 0 saturated heterocycles. The van der Waals surface area contributed by atoms with Gasteiger partial charge in [-0.1, -0.05) is 24.3 Å². The van der Waals surface area contributed by atoms with Crippen molar-refractivity contribution in [2.75, 3.05) is 13.2 Å². The van der Waals surface area contributed by atoms with E-state index in [1.807, 2.05) is 24.3 Å². The predicted octanol–water partition coefficient (Wildman–Crippen LogP) is 3.64. The third-order valence-corrected chi connectivity index (χ3v) is 3.55. The summed E-state index contributed by atoms with van der Waals surface area (Å²) >= 11 is 0. The Bertz CT molecular complexity index is 656. The average Bonchev–Trinajstić information content (AvgIpc) is 2.54. The lowest BCUT2D eigenvalue weighted by atomic mass is 10.1. The highest BCUT2D eigenvalue weighted by Gasteiger charge is 2.29. The summed E-state index contributed by atoms with van der Waals surface area (Å²) in [6, 6.07) is 12.6.